The molecule has 0 amide bonds. The van der Waals surface area contributed by atoms with Crippen LogP contribution < -0.4 is 5.32 Å². The van der Waals surface area contributed by atoms with Gasteiger partial charge < -0.3 is 10.1 Å². The van der Waals surface area contributed by atoms with Crippen LogP contribution in [0.3, 0.4) is 0 Å². The van der Waals surface area contributed by atoms with E-state index in [-0.39, 0.29) is 12.6 Å². The van der Waals surface area contributed by atoms with E-state index in [0.717, 1.165) is 10.0 Å². The lowest BCUT2D eigenvalue weighted by Crippen LogP contribution is -2.29. The van der Waals surface area contributed by atoms with Crippen LogP contribution in [0.5, 0.6) is 0 Å². The van der Waals surface area contributed by atoms with Crippen LogP contribution in [0, 0.1) is 0 Å². The van der Waals surface area contributed by atoms with Crippen LogP contribution in [0.4, 0.5) is 13.2 Å². The van der Waals surface area contributed by atoms with Crippen molar-refractivity contribution in [3.8, 4) is 0 Å². The third-order valence-corrected chi connectivity index (χ3v) is 3.13. The fourth-order valence-electron chi connectivity index (χ4n) is 1.64. The smallest absolute Gasteiger partial charge is 0.372 e. The van der Waals surface area contributed by atoms with Gasteiger partial charge in [0.25, 0.3) is 0 Å². The number of benzene rings is 1. The van der Waals surface area contributed by atoms with Crippen molar-refractivity contribution in [1.29, 1.82) is 0 Å². The van der Waals surface area contributed by atoms with Gasteiger partial charge >= 0.3 is 6.18 Å². The fourth-order valence-corrected chi connectivity index (χ4v) is 2.06. The van der Waals surface area contributed by atoms with Crippen molar-refractivity contribution in [3.63, 3.8) is 0 Å². The molecule has 0 bridgehead atoms. The van der Waals surface area contributed by atoms with E-state index >= 15 is 0 Å². The summed E-state index contributed by atoms with van der Waals surface area (Å²) in [5.74, 6) is 0. The largest absolute Gasteiger partial charge is 0.391 e. The second-order valence-electron chi connectivity index (χ2n) is 4.84. The molecule has 0 saturated carbocycles. The molecule has 1 atom stereocenters. The van der Waals surface area contributed by atoms with Crippen molar-refractivity contribution in [2.75, 3.05) is 13.2 Å². The molecule has 1 aromatic carbocycles. The minimum Gasteiger partial charge on any atom is -0.372 e. The Bertz CT molecular complexity index is 410. The lowest BCUT2D eigenvalue weighted by molar-refractivity contribution is -0.149. The standard InChI is InChI=1S/C14H19BrF3NO/c1-10(2)19-9-13(20-7-6-14(16,17)18)11-4-3-5-12(15)8-11/h3-5,8,10,13,19H,6-7,9H2,1-2H3. The first kappa shape index (κ1) is 17.5. The SMILES string of the molecule is CC(C)NCC(OCCC(F)(F)F)c1cccc(Br)c1. The van der Waals surface area contributed by atoms with Crippen LogP contribution in [0.1, 0.15) is 31.9 Å². The molecule has 1 rings (SSSR count). The maximum atomic E-state index is 12.2. The molecule has 0 aromatic heterocycles. The summed E-state index contributed by atoms with van der Waals surface area (Å²) in [6.45, 7) is 4.10. The Labute approximate surface area is 125 Å². The molecule has 1 unspecified atom stereocenters. The van der Waals surface area contributed by atoms with Gasteiger partial charge in [-0.3, -0.25) is 0 Å². The van der Waals surface area contributed by atoms with Gasteiger partial charge in [0.15, 0.2) is 0 Å². The van der Waals surface area contributed by atoms with E-state index in [1.54, 1.807) is 0 Å². The Balaban J connectivity index is 2.65. The number of ether oxygens (including phenoxy) is 1. The summed E-state index contributed by atoms with van der Waals surface area (Å²) < 4.78 is 42.8. The molecule has 0 heterocycles. The molecule has 0 aliphatic rings. The zero-order valence-electron chi connectivity index (χ0n) is 11.5. The fraction of sp³-hybridized carbons (Fsp3) is 0.571. The van der Waals surface area contributed by atoms with Crippen LogP contribution in [-0.2, 0) is 4.74 Å². The summed E-state index contributed by atoms with van der Waals surface area (Å²) in [4.78, 5) is 0. The Morgan fingerprint density at radius 1 is 1.30 bits per heavy atom. The average molecular weight is 354 g/mol. The summed E-state index contributed by atoms with van der Waals surface area (Å²) in [6, 6.07) is 7.67. The van der Waals surface area contributed by atoms with Crippen LogP contribution in [0.25, 0.3) is 0 Å². The Hall–Kier alpha value is -0.590. The number of hydrogen-bond acceptors (Lipinski definition) is 2. The first-order valence-corrected chi connectivity index (χ1v) is 7.24. The Morgan fingerprint density at radius 3 is 2.55 bits per heavy atom. The van der Waals surface area contributed by atoms with Gasteiger partial charge in [-0.25, -0.2) is 0 Å². The minimum atomic E-state index is -4.19. The van der Waals surface area contributed by atoms with E-state index < -0.39 is 18.7 Å². The van der Waals surface area contributed by atoms with Gasteiger partial charge in [-0.15, -0.1) is 0 Å². The van der Waals surface area contributed by atoms with Crippen molar-refractivity contribution in [2.24, 2.45) is 0 Å². The third-order valence-electron chi connectivity index (χ3n) is 2.64. The van der Waals surface area contributed by atoms with Crippen molar-refractivity contribution < 1.29 is 17.9 Å². The third kappa shape index (κ3) is 7.26. The quantitative estimate of drug-likeness (QED) is 0.781. The molecule has 0 radical (unpaired) electrons. The van der Waals surface area contributed by atoms with Gasteiger partial charge in [-0.05, 0) is 17.7 Å². The zero-order chi connectivity index (χ0) is 15.2. The molecule has 0 aliphatic carbocycles. The second kappa shape index (κ2) is 8.00. The van der Waals surface area contributed by atoms with Crippen LogP contribution in [0.2, 0.25) is 0 Å². The monoisotopic (exact) mass is 353 g/mol. The molecule has 0 aliphatic heterocycles. The highest BCUT2D eigenvalue weighted by atomic mass is 79.9. The lowest BCUT2D eigenvalue weighted by atomic mass is 10.1. The molecule has 0 fully saturated rings. The number of hydrogen-bond donors (Lipinski definition) is 1. The topological polar surface area (TPSA) is 21.3 Å². The van der Waals surface area contributed by atoms with Crippen molar-refractivity contribution in [1.82, 2.24) is 5.32 Å². The maximum Gasteiger partial charge on any atom is 0.391 e. The summed E-state index contributed by atoms with van der Waals surface area (Å²) in [5, 5.41) is 3.19. The molecule has 0 spiro atoms. The van der Waals surface area contributed by atoms with Crippen molar-refractivity contribution in [3.05, 3.63) is 34.3 Å². The Morgan fingerprint density at radius 2 is 2.00 bits per heavy atom. The summed E-state index contributed by atoms with van der Waals surface area (Å²) >= 11 is 3.35. The average Bonchev–Trinajstić information content (AvgIpc) is 2.31. The van der Waals surface area contributed by atoms with Gasteiger partial charge in [0, 0.05) is 17.1 Å². The van der Waals surface area contributed by atoms with Gasteiger partial charge in [0.2, 0.25) is 0 Å². The van der Waals surface area contributed by atoms with Crippen LogP contribution in [-0.4, -0.2) is 25.4 Å². The second-order valence-corrected chi connectivity index (χ2v) is 5.76. The van der Waals surface area contributed by atoms with E-state index in [1.807, 2.05) is 38.1 Å². The summed E-state index contributed by atoms with van der Waals surface area (Å²) in [5.41, 5.74) is 0.856. The molecule has 0 saturated heterocycles. The molecular formula is C14H19BrF3NO. The van der Waals surface area contributed by atoms with E-state index in [2.05, 4.69) is 21.2 Å². The molecule has 2 nitrogen and oxygen atoms in total. The van der Waals surface area contributed by atoms with E-state index in [4.69, 9.17) is 4.74 Å². The molecular weight excluding hydrogens is 335 g/mol. The number of halogens is 4. The molecule has 1 aromatic rings. The first-order chi connectivity index (χ1) is 9.28. The molecule has 6 heteroatoms. The number of nitrogens with one attached hydrogen (secondary N) is 1. The van der Waals surface area contributed by atoms with E-state index in [9.17, 15) is 13.2 Å². The van der Waals surface area contributed by atoms with Gasteiger partial charge in [-0.1, -0.05) is 41.9 Å². The zero-order valence-corrected chi connectivity index (χ0v) is 13.1. The summed E-state index contributed by atoms with van der Waals surface area (Å²) in [7, 11) is 0. The predicted octanol–water partition coefficient (Wildman–Crippen LogP) is 4.46. The van der Waals surface area contributed by atoms with E-state index in [1.165, 1.54) is 0 Å². The number of alkyl halides is 3. The Kier molecular flexibility index (Phi) is 6.99. The molecule has 114 valence electrons. The first-order valence-electron chi connectivity index (χ1n) is 6.45. The van der Waals surface area contributed by atoms with Gasteiger partial charge in [0.1, 0.15) is 0 Å². The van der Waals surface area contributed by atoms with Crippen molar-refractivity contribution in [2.45, 2.75) is 38.6 Å². The highest BCUT2D eigenvalue weighted by Crippen LogP contribution is 2.24. The van der Waals surface area contributed by atoms with Gasteiger partial charge in [-0.2, -0.15) is 13.2 Å². The highest BCUT2D eigenvalue weighted by Gasteiger charge is 2.27. The van der Waals surface area contributed by atoms with Crippen molar-refractivity contribution >= 4 is 15.9 Å². The van der Waals surface area contributed by atoms with Crippen LogP contribution >= 0.6 is 15.9 Å². The maximum absolute atomic E-state index is 12.2. The highest BCUT2D eigenvalue weighted by molar-refractivity contribution is 9.10. The predicted molar refractivity (Wildman–Crippen MR) is 76.6 cm³/mol. The lowest BCUT2D eigenvalue weighted by Gasteiger charge is -2.21. The minimum absolute atomic E-state index is 0.246. The van der Waals surface area contributed by atoms with E-state index in [0.29, 0.717) is 6.54 Å². The molecule has 1 N–H and O–H groups in total. The van der Waals surface area contributed by atoms with Gasteiger partial charge in [0.05, 0.1) is 19.1 Å². The molecule has 20 heavy (non-hydrogen) atoms. The van der Waals surface area contributed by atoms with Crippen LogP contribution in [0.15, 0.2) is 28.7 Å². The number of rotatable bonds is 7. The normalized spacial score (nSPS) is 13.8. The summed E-state index contributed by atoms with van der Waals surface area (Å²) in [6.07, 6.45) is -5.51.